The van der Waals surface area contributed by atoms with Crippen LogP contribution in [-0.2, 0) is 17.6 Å². The number of thiazole rings is 1. The van der Waals surface area contributed by atoms with Gasteiger partial charge in [-0.2, -0.15) is 0 Å². The second-order valence-corrected chi connectivity index (χ2v) is 7.63. The molecular formula is C19H25N3OS. The molecule has 128 valence electrons. The van der Waals surface area contributed by atoms with Gasteiger partial charge in [0.1, 0.15) is 0 Å². The Morgan fingerprint density at radius 3 is 2.96 bits per heavy atom. The number of aryl methyl sites for hydroxylation is 3. The summed E-state index contributed by atoms with van der Waals surface area (Å²) in [5, 5.41) is 4.07. The number of fused-ring (bicyclic) bond motifs is 1. The third kappa shape index (κ3) is 4.15. The third-order valence-corrected chi connectivity index (χ3v) is 5.53. The first-order valence-electron chi connectivity index (χ1n) is 8.66. The van der Waals surface area contributed by atoms with Crippen molar-refractivity contribution in [3.05, 3.63) is 45.4 Å². The normalized spacial score (nSPS) is 13.7. The summed E-state index contributed by atoms with van der Waals surface area (Å²) in [6, 6.07) is 8.66. The summed E-state index contributed by atoms with van der Waals surface area (Å²) in [5.41, 5.74) is 3.80. The second kappa shape index (κ2) is 7.79. The Bertz CT molecular complexity index is 710. The van der Waals surface area contributed by atoms with E-state index in [2.05, 4.69) is 39.5 Å². The molecule has 2 heterocycles. The summed E-state index contributed by atoms with van der Waals surface area (Å²) in [6.45, 7) is 6.80. The first kappa shape index (κ1) is 17.0. The highest BCUT2D eigenvalue weighted by Crippen LogP contribution is 2.26. The molecule has 1 aromatic carbocycles. The largest absolute Gasteiger partial charge is 0.371 e. The van der Waals surface area contributed by atoms with Crippen LogP contribution in [0.3, 0.4) is 0 Å². The van der Waals surface area contributed by atoms with Gasteiger partial charge in [0.05, 0.1) is 17.1 Å². The van der Waals surface area contributed by atoms with Gasteiger partial charge in [0.25, 0.3) is 0 Å². The van der Waals surface area contributed by atoms with Gasteiger partial charge < -0.3 is 10.2 Å². The minimum absolute atomic E-state index is 0.0980. The minimum Gasteiger partial charge on any atom is -0.371 e. The number of amides is 1. The van der Waals surface area contributed by atoms with Crippen molar-refractivity contribution < 1.29 is 4.79 Å². The highest BCUT2D eigenvalue weighted by Gasteiger charge is 2.15. The Morgan fingerprint density at radius 2 is 2.17 bits per heavy atom. The molecule has 0 atom stereocenters. The molecular weight excluding hydrogens is 318 g/mol. The standard InChI is InChI=1S/C19H25N3OS/c1-14-18(24-15(2)21-14)13-19(23)20-10-6-12-22-11-5-8-16-7-3-4-9-17(16)22/h3-4,7,9H,5-6,8,10-13H2,1-2H3,(H,20,23). The van der Waals surface area contributed by atoms with Crippen LogP contribution in [-0.4, -0.2) is 30.5 Å². The van der Waals surface area contributed by atoms with Crippen LogP contribution in [0.5, 0.6) is 0 Å². The molecule has 1 amide bonds. The van der Waals surface area contributed by atoms with E-state index in [1.54, 1.807) is 11.3 Å². The zero-order valence-corrected chi connectivity index (χ0v) is 15.3. The molecule has 0 fully saturated rings. The number of benzene rings is 1. The second-order valence-electron chi connectivity index (χ2n) is 6.34. The lowest BCUT2D eigenvalue weighted by atomic mass is 10.0. The van der Waals surface area contributed by atoms with E-state index >= 15 is 0 Å². The maximum Gasteiger partial charge on any atom is 0.225 e. The van der Waals surface area contributed by atoms with E-state index in [0.29, 0.717) is 6.42 Å². The number of nitrogens with zero attached hydrogens (tertiary/aromatic N) is 2. The molecule has 1 aliphatic rings. The SMILES string of the molecule is Cc1nc(C)c(CC(=O)NCCCN2CCCc3ccccc32)s1. The van der Waals surface area contributed by atoms with E-state index in [9.17, 15) is 4.79 Å². The number of carbonyl (C=O) groups excluding carboxylic acids is 1. The smallest absolute Gasteiger partial charge is 0.225 e. The minimum atomic E-state index is 0.0980. The summed E-state index contributed by atoms with van der Waals surface area (Å²) < 4.78 is 0. The van der Waals surface area contributed by atoms with Gasteiger partial charge >= 0.3 is 0 Å². The van der Waals surface area contributed by atoms with Crippen LogP contribution in [0, 0.1) is 13.8 Å². The molecule has 0 aliphatic carbocycles. The zero-order valence-electron chi connectivity index (χ0n) is 14.5. The lowest BCUT2D eigenvalue weighted by Gasteiger charge is -2.31. The van der Waals surface area contributed by atoms with Gasteiger partial charge in [0.2, 0.25) is 5.91 Å². The van der Waals surface area contributed by atoms with Crippen molar-refractivity contribution in [3.63, 3.8) is 0 Å². The topological polar surface area (TPSA) is 45.2 Å². The predicted molar refractivity (Wildman–Crippen MR) is 99.9 cm³/mol. The Labute approximate surface area is 147 Å². The average Bonchev–Trinajstić information content (AvgIpc) is 2.89. The lowest BCUT2D eigenvalue weighted by Crippen LogP contribution is -2.33. The number of nitrogens with one attached hydrogen (secondary N) is 1. The first-order valence-corrected chi connectivity index (χ1v) is 9.47. The Kier molecular flexibility index (Phi) is 5.51. The van der Waals surface area contributed by atoms with E-state index < -0.39 is 0 Å². The molecule has 2 aromatic rings. The van der Waals surface area contributed by atoms with Crippen molar-refractivity contribution >= 4 is 22.9 Å². The molecule has 0 spiro atoms. The molecule has 4 nitrogen and oxygen atoms in total. The predicted octanol–water partition coefficient (Wildman–Crippen LogP) is 3.26. The van der Waals surface area contributed by atoms with Gasteiger partial charge in [0.15, 0.2) is 0 Å². The van der Waals surface area contributed by atoms with Crippen LogP contribution in [0.25, 0.3) is 0 Å². The molecule has 5 heteroatoms. The van der Waals surface area contributed by atoms with Crippen molar-refractivity contribution in [1.29, 1.82) is 0 Å². The molecule has 24 heavy (non-hydrogen) atoms. The molecule has 1 aliphatic heterocycles. The van der Waals surface area contributed by atoms with Crippen molar-refractivity contribution in [2.75, 3.05) is 24.5 Å². The van der Waals surface area contributed by atoms with Crippen molar-refractivity contribution in [1.82, 2.24) is 10.3 Å². The van der Waals surface area contributed by atoms with Gasteiger partial charge in [-0.3, -0.25) is 4.79 Å². The Hall–Kier alpha value is -1.88. The zero-order chi connectivity index (χ0) is 16.9. The number of rotatable bonds is 6. The van der Waals surface area contributed by atoms with Crippen molar-refractivity contribution in [2.45, 2.75) is 39.5 Å². The van der Waals surface area contributed by atoms with Crippen LogP contribution < -0.4 is 10.2 Å². The molecule has 3 rings (SSSR count). The van der Waals surface area contributed by atoms with Crippen LogP contribution >= 0.6 is 11.3 Å². The van der Waals surface area contributed by atoms with Gasteiger partial charge in [-0.15, -0.1) is 11.3 Å². The highest BCUT2D eigenvalue weighted by atomic mass is 32.1. The van der Waals surface area contributed by atoms with Crippen LogP contribution in [0.2, 0.25) is 0 Å². The van der Waals surface area contributed by atoms with E-state index in [4.69, 9.17) is 0 Å². The van der Waals surface area contributed by atoms with Crippen LogP contribution in [0.1, 0.15) is 34.0 Å². The summed E-state index contributed by atoms with van der Waals surface area (Å²) in [5.74, 6) is 0.0980. The fourth-order valence-electron chi connectivity index (χ4n) is 3.29. The van der Waals surface area contributed by atoms with E-state index in [0.717, 1.165) is 41.6 Å². The number of hydrogen-bond donors (Lipinski definition) is 1. The van der Waals surface area contributed by atoms with Gasteiger partial charge in [-0.05, 0) is 44.7 Å². The van der Waals surface area contributed by atoms with Crippen molar-refractivity contribution in [3.8, 4) is 0 Å². The summed E-state index contributed by atoms with van der Waals surface area (Å²) in [6.07, 6.45) is 3.81. The number of anilines is 1. The first-order chi connectivity index (χ1) is 11.6. The molecule has 0 radical (unpaired) electrons. The summed E-state index contributed by atoms with van der Waals surface area (Å²) in [4.78, 5) is 20.0. The van der Waals surface area contributed by atoms with Gasteiger partial charge in [-0.25, -0.2) is 4.98 Å². The fraction of sp³-hybridized carbons (Fsp3) is 0.474. The van der Waals surface area contributed by atoms with E-state index in [1.807, 2.05) is 13.8 Å². The summed E-state index contributed by atoms with van der Waals surface area (Å²) >= 11 is 1.62. The maximum atomic E-state index is 12.1. The molecule has 1 aromatic heterocycles. The molecule has 0 saturated heterocycles. The maximum absolute atomic E-state index is 12.1. The van der Waals surface area contributed by atoms with Gasteiger partial charge in [0, 0.05) is 30.2 Å². The molecule has 0 bridgehead atoms. The van der Waals surface area contributed by atoms with Crippen LogP contribution in [0.15, 0.2) is 24.3 Å². The Morgan fingerprint density at radius 1 is 1.33 bits per heavy atom. The van der Waals surface area contributed by atoms with Gasteiger partial charge in [-0.1, -0.05) is 18.2 Å². The number of aromatic nitrogens is 1. The van der Waals surface area contributed by atoms with Crippen molar-refractivity contribution in [2.24, 2.45) is 0 Å². The van der Waals surface area contributed by atoms with Crippen LogP contribution in [0.4, 0.5) is 5.69 Å². The lowest BCUT2D eigenvalue weighted by molar-refractivity contribution is -0.120. The number of hydrogen-bond acceptors (Lipinski definition) is 4. The molecule has 1 N–H and O–H groups in total. The van der Waals surface area contributed by atoms with E-state index in [-0.39, 0.29) is 5.91 Å². The molecule has 0 unspecified atom stereocenters. The fourth-order valence-corrected chi connectivity index (χ4v) is 4.22. The average molecular weight is 343 g/mol. The number of carbonyl (C=O) groups is 1. The number of para-hydroxylation sites is 1. The monoisotopic (exact) mass is 343 g/mol. The third-order valence-electron chi connectivity index (χ3n) is 4.45. The quantitative estimate of drug-likeness (QED) is 0.819. The highest BCUT2D eigenvalue weighted by molar-refractivity contribution is 7.11. The Balaban J connectivity index is 1.43. The summed E-state index contributed by atoms with van der Waals surface area (Å²) in [7, 11) is 0. The molecule has 0 saturated carbocycles. The van der Waals surface area contributed by atoms with E-state index in [1.165, 1.54) is 24.1 Å².